The minimum absolute atomic E-state index is 0.0369. The molecule has 3 aliphatic heterocycles. The summed E-state index contributed by atoms with van der Waals surface area (Å²) in [4.78, 5) is 51.7. The fraction of sp³-hybridized carbons (Fsp3) is 0.513. The number of fused-ring (bicyclic) bond motifs is 6. The zero-order valence-electron chi connectivity index (χ0n) is 31.2. The van der Waals surface area contributed by atoms with Gasteiger partial charge >= 0.3 is 12.0 Å². The molecule has 3 amide bonds. The number of ether oxygens (including phenoxy) is 2. The van der Waals surface area contributed by atoms with Gasteiger partial charge in [-0.05, 0) is 69.4 Å². The van der Waals surface area contributed by atoms with E-state index in [2.05, 4.69) is 54.3 Å². The number of rotatable bonds is 6. The Morgan fingerprint density at radius 3 is 2.74 bits per heavy atom. The molecule has 2 fully saturated rings. The van der Waals surface area contributed by atoms with Gasteiger partial charge in [0.2, 0.25) is 0 Å². The van der Waals surface area contributed by atoms with Crippen LogP contribution in [0.25, 0.3) is 33.4 Å². The number of alkyl halides is 2. The van der Waals surface area contributed by atoms with Gasteiger partial charge in [-0.3, -0.25) is 19.6 Å². The van der Waals surface area contributed by atoms with Gasteiger partial charge in [0.15, 0.2) is 0 Å². The molecule has 288 valence electrons. The lowest BCUT2D eigenvalue weighted by molar-refractivity contribution is -0.155. The number of benzene rings is 1. The lowest BCUT2D eigenvalue weighted by atomic mass is 9.84. The number of likely N-dealkylation sites (tertiary alicyclic amines) is 1. The molecule has 12 nitrogen and oxygen atoms in total. The van der Waals surface area contributed by atoms with E-state index in [1.807, 2.05) is 24.4 Å². The molecule has 0 saturated carbocycles. The predicted octanol–water partition coefficient (Wildman–Crippen LogP) is 6.14. The molecule has 0 spiro atoms. The van der Waals surface area contributed by atoms with Crippen LogP contribution in [0.2, 0.25) is 0 Å². The number of urea groups is 1. The molecular weight excluding hydrogens is 717 g/mol. The second-order valence-electron chi connectivity index (χ2n) is 15.1. The molecule has 2 N–H and O–H groups in total. The number of thiazole rings is 1. The maximum Gasteiger partial charge on any atom is 0.324 e. The largest absolute Gasteiger partial charge is 0.464 e. The first-order valence-electron chi connectivity index (χ1n) is 18.6. The lowest BCUT2D eigenvalue weighted by Crippen LogP contribution is -2.63. The first kappa shape index (κ1) is 37.8. The smallest absolute Gasteiger partial charge is 0.324 e. The fourth-order valence-electron chi connectivity index (χ4n) is 7.72. The minimum Gasteiger partial charge on any atom is -0.464 e. The quantitative estimate of drug-likeness (QED) is 0.224. The van der Waals surface area contributed by atoms with Crippen LogP contribution in [-0.4, -0.2) is 93.7 Å². The summed E-state index contributed by atoms with van der Waals surface area (Å²) in [6.07, 6.45) is 0.625. The van der Waals surface area contributed by atoms with Crippen LogP contribution in [-0.2, 0) is 38.4 Å². The van der Waals surface area contributed by atoms with E-state index in [1.54, 1.807) is 13.3 Å². The van der Waals surface area contributed by atoms with Crippen molar-refractivity contribution in [3.8, 4) is 22.5 Å². The monoisotopic (exact) mass is 763 g/mol. The van der Waals surface area contributed by atoms with Crippen LogP contribution in [0.3, 0.4) is 0 Å². The number of hydrogen-bond donors (Lipinski definition) is 2. The summed E-state index contributed by atoms with van der Waals surface area (Å²) in [5.74, 6) is -0.959. The van der Waals surface area contributed by atoms with Crippen molar-refractivity contribution in [1.29, 1.82) is 0 Å². The normalized spacial score (nSPS) is 22.5. The molecular formula is C39H47F2N7O5S. The zero-order valence-corrected chi connectivity index (χ0v) is 32.1. The Bertz CT molecular complexity index is 2050. The van der Waals surface area contributed by atoms with E-state index in [9.17, 15) is 23.2 Å². The Labute approximate surface area is 317 Å². The maximum atomic E-state index is 14.1. The van der Waals surface area contributed by atoms with Crippen molar-refractivity contribution in [1.82, 2.24) is 35.2 Å². The van der Waals surface area contributed by atoms with Crippen molar-refractivity contribution >= 4 is 40.1 Å². The average molecular weight is 764 g/mol. The molecule has 6 heterocycles. The van der Waals surface area contributed by atoms with Gasteiger partial charge in [0.1, 0.15) is 12.1 Å². The third kappa shape index (κ3) is 7.32. The number of hydrazine groups is 1. The second-order valence-corrected chi connectivity index (χ2v) is 16.0. The number of esters is 1. The summed E-state index contributed by atoms with van der Waals surface area (Å²) in [6, 6.07) is 6.45. The first-order chi connectivity index (χ1) is 25.9. The third-order valence-electron chi connectivity index (χ3n) is 10.8. The number of aryl methyl sites for hydroxylation is 1. The number of amides is 3. The number of cyclic esters (lactones) is 1. The number of halogens is 2. The zero-order chi connectivity index (χ0) is 38.3. The van der Waals surface area contributed by atoms with E-state index >= 15 is 0 Å². The summed E-state index contributed by atoms with van der Waals surface area (Å²) in [6.45, 7) is 9.53. The van der Waals surface area contributed by atoms with E-state index in [0.29, 0.717) is 43.1 Å². The first-order valence-corrected chi connectivity index (χ1v) is 19.4. The highest BCUT2D eigenvalue weighted by Crippen LogP contribution is 2.42. The number of nitrogens with one attached hydrogen (secondary N) is 2. The highest BCUT2D eigenvalue weighted by atomic mass is 32.1. The molecule has 3 aromatic heterocycles. The van der Waals surface area contributed by atoms with Gasteiger partial charge in [-0.2, -0.15) is 0 Å². The summed E-state index contributed by atoms with van der Waals surface area (Å²) in [5.41, 5.74) is 9.08. The van der Waals surface area contributed by atoms with E-state index in [1.165, 1.54) is 16.3 Å². The van der Waals surface area contributed by atoms with Gasteiger partial charge in [-0.25, -0.2) is 24.0 Å². The predicted molar refractivity (Wildman–Crippen MR) is 201 cm³/mol. The van der Waals surface area contributed by atoms with Crippen LogP contribution in [0.5, 0.6) is 0 Å². The van der Waals surface area contributed by atoms with E-state index in [-0.39, 0.29) is 32.1 Å². The molecule has 0 unspecified atom stereocenters. The minimum atomic E-state index is -2.68. The van der Waals surface area contributed by atoms with Crippen molar-refractivity contribution in [3.05, 3.63) is 58.2 Å². The van der Waals surface area contributed by atoms with E-state index in [4.69, 9.17) is 19.4 Å². The molecule has 4 atom stereocenters. The SMILES string of the molecule is CCn1c(-c2cccnc2[C@H](C)OC)c2c3cc(ccc31)-c1csc(n1)C[C@H](NC(=O)N1CC[C@H]1C(F)F)C(=O)N1CCC[C@H](N1)C(=O)OCC(C)(C)C2. The molecule has 4 aromatic rings. The Hall–Kier alpha value is -4.47. The molecule has 7 rings (SSSR count). The molecule has 0 aliphatic carbocycles. The molecule has 15 heteroatoms. The topological polar surface area (TPSA) is 131 Å². The molecule has 3 aliphatic rings. The maximum absolute atomic E-state index is 14.1. The molecule has 0 radical (unpaired) electrons. The van der Waals surface area contributed by atoms with E-state index < -0.39 is 47.9 Å². The van der Waals surface area contributed by atoms with Gasteiger partial charge in [-0.1, -0.05) is 19.9 Å². The number of aromatic nitrogens is 3. The summed E-state index contributed by atoms with van der Waals surface area (Å²) >= 11 is 1.36. The van der Waals surface area contributed by atoms with Crippen molar-refractivity contribution < 1.29 is 32.6 Å². The van der Waals surface area contributed by atoms with Crippen LogP contribution >= 0.6 is 11.3 Å². The number of carbonyl (C=O) groups excluding carboxylic acids is 3. The Morgan fingerprint density at radius 2 is 2.02 bits per heavy atom. The number of nitrogens with zero attached hydrogens (tertiary/aromatic N) is 5. The highest BCUT2D eigenvalue weighted by molar-refractivity contribution is 7.10. The average Bonchev–Trinajstić information content (AvgIpc) is 3.73. The van der Waals surface area contributed by atoms with Crippen molar-refractivity contribution in [3.63, 3.8) is 0 Å². The van der Waals surface area contributed by atoms with Crippen LogP contribution < -0.4 is 10.7 Å². The summed E-state index contributed by atoms with van der Waals surface area (Å²) < 4.78 is 41.2. The highest BCUT2D eigenvalue weighted by Gasteiger charge is 2.41. The van der Waals surface area contributed by atoms with Crippen LogP contribution in [0, 0.1) is 5.41 Å². The van der Waals surface area contributed by atoms with Crippen molar-refractivity contribution in [2.45, 2.75) is 97.0 Å². The molecule has 6 bridgehead atoms. The summed E-state index contributed by atoms with van der Waals surface area (Å²) in [7, 11) is 1.67. The van der Waals surface area contributed by atoms with Crippen LogP contribution in [0.1, 0.15) is 69.3 Å². The number of pyridine rings is 1. The fourth-order valence-corrected chi connectivity index (χ4v) is 8.57. The number of carbonyl (C=O) groups is 3. The Kier molecular flexibility index (Phi) is 10.7. The van der Waals surface area contributed by atoms with Gasteiger partial charge in [0.25, 0.3) is 12.3 Å². The van der Waals surface area contributed by atoms with Gasteiger partial charge in [0, 0.05) is 72.2 Å². The number of methoxy groups -OCH3 is 1. The number of hydrogen-bond acceptors (Lipinski definition) is 9. The van der Waals surface area contributed by atoms with Gasteiger partial charge in [-0.15, -0.1) is 11.3 Å². The molecule has 2 saturated heterocycles. The Balaban J connectivity index is 1.33. The lowest BCUT2D eigenvalue weighted by Gasteiger charge is -2.41. The van der Waals surface area contributed by atoms with Gasteiger partial charge in [0.05, 0.1) is 40.8 Å². The van der Waals surface area contributed by atoms with Crippen LogP contribution in [0.15, 0.2) is 41.9 Å². The van der Waals surface area contributed by atoms with E-state index in [0.717, 1.165) is 43.9 Å². The van der Waals surface area contributed by atoms with Gasteiger partial charge < -0.3 is 24.3 Å². The Morgan fingerprint density at radius 1 is 1.20 bits per heavy atom. The third-order valence-corrected chi connectivity index (χ3v) is 11.6. The molecule has 54 heavy (non-hydrogen) atoms. The summed E-state index contributed by atoms with van der Waals surface area (Å²) in [5, 5.41) is 7.62. The van der Waals surface area contributed by atoms with Crippen LogP contribution in [0.4, 0.5) is 13.6 Å². The van der Waals surface area contributed by atoms with Crippen molar-refractivity contribution in [2.24, 2.45) is 5.41 Å². The second kappa shape index (κ2) is 15.3. The standard InChI is InChI=1S/C39H47F2N7O5S/c1-6-46-30-12-11-23-17-25(30)26(34(46)24-9-7-14-42-33(24)22(2)52-5)19-39(3,4)21-53-37(50)27-10-8-15-48(45-27)36(49)28(18-32-43-29(23)20-54-32)44-38(51)47-16-13-31(47)35(40)41/h7,9,11-12,14,17,20,22,27-28,31,35,45H,6,8,10,13,15-16,18-19,21H2,1-5H3,(H,44,51)/t22-,27-,28-,31-/m0/s1. The van der Waals surface area contributed by atoms with Crippen molar-refractivity contribution in [2.75, 3.05) is 26.8 Å². The molecule has 1 aromatic carbocycles.